The molecule has 3 aromatic heterocycles. The van der Waals surface area contributed by atoms with Crippen molar-refractivity contribution in [3.05, 3.63) is 60.6 Å². The molecule has 0 aliphatic rings. The molecule has 0 saturated heterocycles. The van der Waals surface area contributed by atoms with Crippen LogP contribution in [0.5, 0.6) is 0 Å². The van der Waals surface area contributed by atoms with Crippen LogP contribution in [0.15, 0.2) is 59.3 Å². The van der Waals surface area contributed by atoms with E-state index in [0.717, 1.165) is 23.1 Å². The van der Waals surface area contributed by atoms with E-state index in [2.05, 4.69) is 61.4 Å². The van der Waals surface area contributed by atoms with Crippen molar-refractivity contribution in [1.29, 1.82) is 0 Å². The van der Waals surface area contributed by atoms with Crippen LogP contribution in [-0.4, -0.2) is 30.1 Å². The smallest absolute Gasteiger partial charge is 0.231 e. The zero-order valence-electron chi connectivity index (χ0n) is 14.1. The van der Waals surface area contributed by atoms with Gasteiger partial charge in [0.05, 0.1) is 5.92 Å². The maximum atomic E-state index is 5.52. The molecule has 128 valence electrons. The number of hydrogen-bond acceptors (Lipinski definition) is 5. The number of aromatic nitrogens is 6. The van der Waals surface area contributed by atoms with Crippen LogP contribution in [0, 0.1) is 0 Å². The van der Waals surface area contributed by atoms with Crippen LogP contribution in [0.25, 0.3) is 33.3 Å². The molecule has 0 bridgehead atoms. The molecule has 0 aliphatic carbocycles. The Hall–Kier alpha value is -3.48. The molecule has 0 saturated carbocycles. The first-order chi connectivity index (χ1) is 12.8. The van der Waals surface area contributed by atoms with E-state index in [-0.39, 0.29) is 5.92 Å². The molecule has 0 fully saturated rings. The van der Waals surface area contributed by atoms with Gasteiger partial charge in [0, 0.05) is 23.8 Å². The Labute approximate surface area is 148 Å². The Morgan fingerprint density at radius 2 is 1.96 bits per heavy atom. The Morgan fingerprint density at radius 3 is 2.92 bits per heavy atom. The topological polar surface area (TPSA) is 85.4 Å². The van der Waals surface area contributed by atoms with Crippen molar-refractivity contribution in [3.8, 4) is 11.4 Å². The van der Waals surface area contributed by atoms with Crippen molar-refractivity contribution in [2.24, 2.45) is 0 Å². The molecule has 1 atom stereocenters. The van der Waals surface area contributed by atoms with Gasteiger partial charge in [0.25, 0.3) is 0 Å². The Balaban J connectivity index is 1.42. The van der Waals surface area contributed by atoms with Crippen LogP contribution >= 0.6 is 0 Å². The lowest BCUT2D eigenvalue weighted by Gasteiger charge is -2.09. The lowest BCUT2D eigenvalue weighted by Crippen LogP contribution is -2.05. The zero-order chi connectivity index (χ0) is 17.5. The highest BCUT2D eigenvalue weighted by molar-refractivity contribution is 5.80. The molecule has 7 nitrogen and oxygen atoms in total. The Morgan fingerprint density at radius 1 is 1.08 bits per heavy atom. The van der Waals surface area contributed by atoms with Gasteiger partial charge in [0.1, 0.15) is 11.0 Å². The van der Waals surface area contributed by atoms with Crippen LogP contribution in [-0.2, 0) is 6.54 Å². The lowest BCUT2D eigenvalue weighted by molar-refractivity contribution is 0.348. The average Bonchev–Trinajstić information content (AvgIpc) is 3.40. The summed E-state index contributed by atoms with van der Waals surface area (Å²) in [6.07, 6.45) is 2.09. The summed E-state index contributed by atoms with van der Waals surface area (Å²) in [7, 11) is 0. The average molecular weight is 344 g/mol. The minimum Gasteiger partial charge on any atom is -0.347 e. The number of nitrogens with zero attached hydrogens (tertiary/aromatic N) is 5. The summed E-state index contributed by atoms with van der Waals surface area (Å²) < 4.78 is 7.73. The highest BCUT2D eigenvalue weighted by Crippen LogP contribution is 2.24. The van der Waals surface area contributed by atoms with Gasteiger partial charge < -0.3 is 9.09 Å². The second-order valence-corrected chi connectivity index (χ2v) is 6.41. The number of benzene rings is 2. The van der Waals surface area contributed by atoms with Crippen LogP contribution in [0.1, 0.15) is 18.7 Å². The molecule has 5 aromatic rings. The van der Waals surface area contributed by atoms with Gasteiger partial charge in [-0.15, -0.1) is 0 Å². The number of hydrogen-bond donors (Lipinski definition) is 1. The molecule has 0 aliphatic heterocycles. The summed E-state index contributed by atoms with van der Waals surface area (Å²) in [6, 6.07) is 16.2. The minimum atomic E-state index is 0.0998. The quantitative estimate of drug-likeness (QED) is 0.536. The Bertz CT molecular complexity index is 1200. The summed E-state index contributed by atoms with van der Waals surface area (Å²) >= 11 is 0. The van der Waals surface area contributed by atoms with E-state index in [1.54, 1.807) is 0 Å². The summed E-state index contributed by atoms with van der Waals surface area (Å²) in [5.41, 5.74) is 3.65. The fraction of sp³-hybridized carbons (Fsp3) is 0.158. The highest BCUT2D eigenvalue weighted by atomic mass is 16.5. The molecular weight excluding hydrogens is 328 g/mol. The third-order valence-corrected chi connectivity index (χ3v) is 4.59. The van der Waals surface area contributed by atoms with Crippen LogP contribution in [0.3, 0.4) is 0 Å². The van der Waals surface area contributed by atoms with Gasteiger partial charge >= 0.3 is 0 Å². The number of aromatic amines is 1. The first kappa shape index (κ1) is 14.8. The van der Waals surface area contributed by atoms with Crippen molar-refractivity contribution < 1.29 is 4.52 Å². The van der Waals surface area contributed by atoms with E-state index in [1.807, 2.05) is 30.3 Å². The molecule has 3 heterocycles. The summed E-state index contributed by atoms with van der Waals surface area (Å²) in [5.74, 6) is 1.29. The van der Waals surface area contributed by atoms with Gasteiger partial charge in [-0.05, 0) is 35.7 Å². The molecule has 5 rings (SSSR count). The molecule has 0 spiro atoms. The molecule has 0 amide bonds. The first-order valence-electron chi connectivity index (χ1n) is 8.46. The minimum absolute atomic E-state index is 0.0998. The maximum Gasteiger partial charge on any atom is 0.231 e. The van der Waals surface area contributed by atoms with E-state index in [4.69, 9.17) is 4.52 Å². The first-order valence-corrected chi connectivity index (χ1v) is 8.46. The fourth-order valence-electron chi connectivity index (χ4n) is 3.20. The third-order valence-electron chi connectivity index (χ3n) is 4.59. The predicted octanol–water partition coefficient (Wildman–Crippen LogP) is 3.77. The normalized spacial score (nSPS) is 12.8. The lowest BCUT2D eigenvalue weighted by atomic mass is 10.1. The second kappa shape index (κ2) is 5.80. The van der Waals surface area contributed by atoms with Gasteiger partial charge in [-0.1, -0.05) is 30.3 Å². The monoisotopic (exact) mass is 344 g/mol. The van der Waals surface area contributed by atoms with E-state index in [1.165, 1.54) is 10.9 Å². The van der Waals surface area contributed by atoms with Crippen molar-refractivity contribution in [2.45, 2.75) is 19.4 Å². The molecule has 26 heavy (non-hydrogen) atoms. The number of H-pyrrole nitrogens is 1. The fourth-order valence-corrected chi connectivity index (χ4v) is 3.20. The number of nitrogens with one attached hydrogen (secondary N) is 1. The largest absolute Gasteiger partial charge is 0.347 e. The number of para-hydroxylation sites is 1. The SMILES string of the molecule is CC(Cn1ccc2ccccc21)c1nc(-c2ccc3n[nH]nc3c2)no1. The van der Waals surface area contributed by atoms with E-state index in [0.29, 0.717) is 11.7 Å². The van der Waals surface area contributed by atoms with Crippen molar-refractivity contribution in [1.82, 2.24) is 30.1 Å². The molecule has 1 N–H and O–H groups in total. The highest BCUT2D eigenvalue weighted by Gasteiger charge is 2.17. The zero-order valence-corrected chi connectivity index (χ0v) is 14.1. The van der Waals surface area contributed by atoms with Crippen LogP contribution < -0.4 is 0 Å². The molecular formula is C19H16N6O. The van der Waals surface area contributed by atoms with Gasteiger partial charge in [-0.2, -0.15) is 20.4 Å². The van der Waals surface area contributed by atoms with Gasteiger partial charge in [-0.25, -0.2) is 0 Å². The second-order valence-electron chi connectivity index (χ2n) is 6.41. The van der Waals surface area contributed by atoms with E-state index < -0.39 is 0 Å². The van der Waals surface area contributed by atoms with Crippen molar-refractivity contribution in [3.63, 3.8) is 0 Å². The Kier molecular flexibility index (Phi) is 3.31. The summed E-state index contributed by atoms with van der Waals surface area (Å²) in [4.78, 5) is 4.58. The van der Waals surface area contributed by atoms with Crippen LogP contribution in [0.4, 0.5) is 0 Å². The molecule has 0 radical (unpaired) electrons. The molecule has 7 heteroatoms. The third kappa shape index (κ3) is 2.45. The van der Waals surface area contributed by atoms with Crippen molar-refractivity contribution >= 4 is 21.9 Å². The molecule has 1 unspecified atom stereocenters. The standard InChI is InChI=1S/C19H16N6O/c1-12(11-25-9-8-13-4-2-3-5-17(13)25)19-20-18(23-26-19)14-6-7-15-16(10-14)22-24-21-15/h2-10,12H,11H2,1H3,(H,21,22,24). The van der Waals surface area contributed by atoms with E-state index >= 15 is 0 Å². The van der Waals surface area contributed by atoms with Crippen molar-refractivity contribution in [2.75, 3.05) is 0 Å². The molecule has 2 aromatic carbocycles. The number of rotatable bonds is 4. The summed E-state index contributed by atoms with van der Waals surface area (Å²) in [6.45, 7) is 2.87. The predicted molar refractivity (Wildman–Crippen MR) is 97.5 cm³/mol. The van der Waals surface area contributed by atoms with Gasteiger partial charge in [0.15, 0.2) is 0 Å². The van der Waals surface area contributed by atoms with Gasteiger partial charge in [-0.3, -0.25) is 0 Å². The van der Waals surface area contributed by atoms with Gasteiger partial charge in [0.2, 0.25) is 11.7 Å². The number of fused-ring (bicyclic) bond motifs is 2. The van der Waals surface area contributed by atoms with Crippen LogP contribution in [0.2, 0.25) is 0 Å². The maximum absolute atomic E-state index is 5.52. The summed E-state index contributed by atoms with van der Waals surface area (Å²) in [5, 5.41) is 16.1. The van der Waals surface area contributed by atoms with E-state index in [9.17, 15) is 0 Å².